The van der Waals surface area contributed by atoms with Gasteiger partial charge in [0, 0.05) is 24.1 Å². The lowest BCUT2D eigenvalue weighted by atomic mass is 9.98. The molecule has 26 heavy (non-hydrogen) atoms. The van der Waals surface area contributed by atoms with Gasteiger partial charge in [-0.2, -0.15) is 0 Å². The fourth-order valence-electron chi connectivity index (χ4n) is 2.90. The largest absolute Gasteiger partial charge is 0.382 e. The van der Waals surface area contributed by atoms with Crippen molar-refractivity contribution in [2.24, 2.45) is 4.99 Å². The molecule has 0 fully saturated rings. The Morgan fingerprint density at radius 1 is 1.35 bits per heavy atom. The molecule has 0 aliphatic carbocycles. The van der Waals surface area contributed by atoms with Crippen molar-refractivity contribution in [1.82, 2.24) is 4.98 Å². The summed E-state index contributed by atoms with van der Waals surface area (Å²) < 4.78 is 0. The molecule has 1 aliphatic heterocycles. The molecule has 1 aromatic heterocycles. The summed E-state index contributed by atoms with van der Waals surface area (Å²) in [6.07, 6.45) is 3.87. The molecule has 2 aromatic rings. The summed E-state index contributed by atoms with van der Waals surface area (Å²) in [6.45, 7) is 7.63. The van der Waals surface area contributed by atoms with Crippen molar-refractivity contribution in [3.8, 4) is 0 Å². The van der Waals surface area contributed by atoms with Crippen LogP contribution in [0.4, 0.5) is 5.69 Å². The first-order valence-electron chi connectivity index (χ1n) is 8.61. The first-order valence-corrected chi connectivity index (χ1v) is 8.99. The van der Waals surface area contributed by atoms with E-state index in [0.717, 1.165) is 33.4 Å². The maximum atomic E-state index is 10.2. The molecule has 0 saturated carbocycles. The number of pyridine rings is 1. The highest BCUT2D eigenvalue weighted by Gasteiger charge is 2.26. The lowest BCUT2D eigenvalue weighted by Gasteiger charge is -2.18. The minimum absolute atomic E-state index is 0.0351. The van der Waals surface area contributed by atoms with E-state index in [9.17, 15) is 5.11 Å². The van der Waals surface area contributed by atoms with Gasteiger partial charge < -0.3 is 10.4 Å². The van der Waals surface area contributed by atoms with Crippen LogP contribution in [0.5, 0.6) is 0 Å². The Labute approximate surface area is 158 Å². The molecule has 136 valence electrons. The van der Waals surface area contributed by atoms with E-state index in [-0.39, 0.29) is 11.9 Å². The van der Waals surface area contributed by atoms with Gasteiger partial charge in [-0.05, 0) is 51.0 Å². The highest BCUT2D eigenvalue weighted by molar-refractivity contribution is 6.35. The number of aliphatic hydroxyl groups is 1. The van der Waals surface area contributed by atoms with E-state index < -0.39 is 5.60 Å². The molecule has 1 unspecified atom stereocenters. The summed E-state index contributed by atoms with van der Waals surface area (Å²) in [7, 11) is 0. The van der Waals surface area contributed by atoms with Gasteiger partial charge in [0.25, 0.3) is 0 Å². The Morgan fingerprint density at radius 2 is 2.08 bits per heavy atom. The van der Waals surface area contributed by atoms with Crippen LogP contribution in [-0.4, -0.2) is 33.8 Å². The van der Waals surface area contributed by atoms with Gasteiger partial charge in [-0.25, -0.2) is 4.99 Å². The van der Waals surface area contributed by atoms with E-state index in [4.69, 9.17) is 17.0 Å². The lowest BCUT2D eigenvalue weighted by Crippen LogP contribution is -2.31. The Kier molecular flexibility index (Phi) is 4.86. The van der Waals surface area contributed by atoms with Crippen molar-refractivity contribution in [2.45, 2.75) is 45.8 Å². The number of aliphatic imine (C=N–C) groups is 1. The zero-order valence-electron chi connectivity index (χ0n) is 15.4. The van der Waals surface area contributed by atoms with Crippen LogP contribution in [0.15, 0.2) is 29.3 Å². The number of allylic oxidation sites excluding steroid dienone is 1. The van der Waals surface area contributed by atoms with Crippen LogP contribution < -0.4 is 5.32 Å². The fourth-order valence-corrected chi connectivity index (χ4v) is 3.09. The maximum Gasteiger partial charge on any atom is 0.152 e. The van der Waals surface area contributed by atoms with E-state index in [1.807, 2.05) is 31.2 Å². The second-order valence-corrected chi connectivity index (χ2v) is 7.54. The van der Waals surface area contributed by atoms with E-state index >= 15 is 0 Å². The molecule has 0 spiro atoms. The average molecular weight is 371 g/mol. The molecule has 1 aromatic carbocycles. The second kappa shape index (κ2) is 6.82. The van der Waals surface area contributed by atoms with Crippen LogP contribution in [0.1, 0.15) is 38.4 Å². The number of rotatable bonds is 3. The molecule has 3 N–H and O–H groups in total. The molecule has 1 atom stereocenters. The molecule has 3 rings (SSSR count). The van der Waals surface area contributed by atoms with Crippen LogP contribution in [0.2, 0.25) is 5.02 Å². The summed E-state index contributed by atoms with van der Waals surface area (Å²) in [4.78, 5) is 8.68. The van der Waals surface area contributed by atoms with Gasteiger partial charge in [0.1, 0.15) is 5.60 Å². The van der Waals surface area contributed by atoms with Crippen molar-refractivity contribution in [1.29, 1.82) is 5.41 Å². The third-order valence-electron chi connectivity index (χ3n) is 4.42. The van der Waals surface area contributed by atoms with E-state index in [1.54, 1.807) is 13.1 Å². The van der Waals surface area contributed by atoms with Gasteiger partial charge in [0.2, 0.25) is 0 Å². The standard InChI is InChI=1S/C20H23ClN4O/c1-11(2)24-18-15-9-13(5-6-16(15)25-12(3)17(18)21)14-7-8-20(4,26)19(22)23-10-14/h5-7,9-11,22,26H,8H2,1-4H3,(H,24,25). The second-order valence-electron chi connectivity index (χ2n) is 7.16. The minimum atomic E-state index is -1.25. The predicted molar refractivity (Wildman–Crippen MR) is 110 cm³/mol. The quantitative estimate of drug-likeness (QED) is 0.738. The number of aryl methyl sites for hydroxylation is 1. The predicted octanol–water partition coefficient (Wildman–Crippen LogP) is 4.60. The number of amidine groups is 1. The van der Waals surface area contributed by atoms with Crippen molar-refractivity contribution < 1.29 is 5.11 Å². The molecule has 0 saturated heterocycles. The normalized spacial score (nSPS) is 20.4. The monoisotopic (exact) mass is 370 g/mol. The Balaban J connectivity index is 2.15. The summed E-state index contributed by atoms with van der Waals surface area (Å²) in [5.74, 6) is -0.0351. The van der Waals surface area contributed by atoms with Crippen LogP contribution in [0.25, 0.3) is 16.5 Å². The maximum absolute atomic E-state index is 10.2. The van der Waals surface area contributed by atoms with Crippen molar-refractivity contribution in [3.05, 3.63) is 40.6 Å². The number of nitrogens with one attached hydrogen (secondary N) is 2. The molecule has 0 bridgehead atoms. The van der Waals surface area contributed by atoms with Gasteiger partial charge in [-0.1, -0.05) is 23.7 Å². The zero-order valence-corrected chi connectivity index (χ0v) is 16.1. The highest BCUT2D eigenvalue weighted by atomic mass is 35.5. The fraction of sp³-hybridized carbons (Fsp3) is 0.350. The van der Waals surface area contributed by atoms with Crippen molar-refractivity contribution >= 4 is 45.8 Å². The van der Waals surface area contributed by atoms with Crippen LogP contribution >= 0.6 is 11.6 Å². The third-order valence-corrected chi connectivity index (χ3v) is 4.88. The van der Waals surface area contributed by atoms with E-state index in [1.165, 1.54) is 0 Å². The smallest absolute Gasteiger partial charge is 0.152 e. The summed E-state index contributed by atoms with van der Waals surface area (Å²) in [6, 6.07) is 6.20. The average Bonchev–Trinajstić information content (AvgIpc) is 2.70. The molecular weight excluding hydrogens is 348 g/mol. The zero-order chi connectivity index (χ0) is 19.1. The molecular formula is C20H23ClN4O. The number of halogens is 1. The topological polar surface area (TPSA) is 81.4 Å². The molecule has 5 nitrogen and oxygen atoms in total. The van der Waals surface area contributed by atoms with Crippen molar-refractivity contribution in [3.63, 3.8) is 0 Å². The first kappa shape index (κ1) is 18.5. The van der Waals surface area contributed by atoms with Crippen LogP contribution in [-0.2, 0) is 0 Å². The van der Waals surface area contributed by atoms with Gasteiger partial charge >= 0.3 is 0 Å². The molecule has 0 radical (unpaired) electrons. The summed E-state index contributed by atoms with van der Waals surface area (Å²) >= 11 is 6.51. The summed E-state index contributed by atoms with van der Waals surface area (Å²) in [5.41, 5.74) is 3.08. The molecule has 2 heterocycles. The molecule has 6 heteroatoms. The number of anilines is 1. The molecule has 1 aliphatic rings. The number of fused-ring (bicyclic) bond motifs is 1. The van der Waals surface area contributed by atoms with Crippen molar-refractivity contribution in [2.75, 3.05) is 5.32 Å². The van der Waals surface area contributed by atoms with Gasteiger partial charge in [-0.3, -0.25) is 10.4 Å². The first-order chi connectivity index (χ1) is 12.2. The van der Waals surface area contributed by atoms with Crippen LogP contribution in [0, 0.1) is 12.3 Å². The van der Waals surface area contributed by atoms with Gasteiger partial charge in [-0.15, -0.1) is 0 Å². The minimum Gasteiger partial charge on any atom is -0.382 e. The van der Waals surface area contributed by atoms with E-state index in [0.29, 0.717) is 11.4 Å². The van der Waals surface area contributed by atoms with Gasteiger partial charge in [0.05, 0.1) is 21.9 Å². The number of benzene rings is 1. The number of aromatic nitrogens is 1. The SMILES string of the molecule is Cc1nc2ccc(C3=CCC(C)(O)C(=N)N=C3)cc2c(NC(C)C)c1Cl. The lowest BCUT2D eigenvalue weighted by molar-refractivity contribution is 0.134. The molecule has 0 amide bonds. The third kappa shape index (κ3) is 3.50. The number of hydrogen-bond acceptors (Lipinski definition) is 4. The van der Waals surface area contributed by atoms with Gasteiger partial charge in [0.15, 0.2) is 5.84 Å². The van der Waals surface area contributed by atoms with E-state index in [2.05, 4.69) is 29.1 Å². The summed E-state index contributed by atoms with van der Waals surface area (Å²) in [5, 5.41) is 23.1. The number of hydrogen-bond donors (Lipinski definition) is 3. The number of nitrogens with zero attached hydrogens (tertiary/aromatic N) is 2. The highest BCUT2D eigenvalue weighted by Crippen LogP contribution is 2.34. The Morgan fingerprint density at radius 3 is 2.77 bits per heavy atom. The Bertz CT molecular complexity index is 944. The Hall–Kier alpha value is -2.24. The van der Waals surface area contributed by atoms with Crippen LogP contribution in [0.3, 0.4) is 0 Å².